The number of benzene rings is 1. The van der Waals surface area contributed by atoms with Crippen LogP contribution in [0.1, 0.15) is 92.1 Å². The molecule has 2 fully saturated rings. The van der Waals surface area contributed by atoms with Gasteiger partial charge in [-0.05, 0) is 74.0 Å². The van der Waals surface area contributed by atoms with E-state index in [0.717, 1.165) is 12.0 Å². The van der Waals surface area contributed by atoms with Crippen molar-refractivity contribution in [2.24, 2.45) is 34.8 Å². The fourth-order valence-electron chi connectivity index (χ4n) is 6.27. The normalized spacial score (nSPS) is 19.5. The van der Waals surface area contributed by atoms with Gasteiger partial charge in [-0.2, -0.15) is 0 Å². The number of hydrogen-bond acceptors (Lipinski definition) is 11. The lowest BCUT2D eigenvalue weighted by molar-refractivity contribution is -0.165. The zero-order chi connectivity index (χ0) is 37.9. The number of hydrogen-bond donors (Lipinski definition) is 2. The average molecular weight is 721 g/mol. The zero-order valence-electron chi connectivity index (χ0n) is 31.7. The second-order valence-electron chi connectivity index (χ2n) is 15.3. The summed E-state index contributed by atoms with van der Waals surface area (Å²) in [4.78, 5) is 52.6. The van der Waals surface area contributed by atoms with E-state index in [1.54, 1.807) is 28.1 Å². The highest BCUT2D eigenvalue weighted by Crippen LogP contribution is 2.38. The molecule has 1 aromatic carbocycles. The summed E-state index contributed by atoms with van der Waals surface area (Å²) in [6.07, 6.45) is 2.28. The second-order valence-corrected chi connectivity index (χ2v) is 15.3. The molecule has 288 valence electrons. The Balaban J connectivity index is 1.82. The van der Waals surface area contributed by atoms with Crippen molar-refractivity contribution in [2.45, 2.75) is 111 Å². The van der Waals surface area contributed by atoms with Crippen LogP contribution in [0.5, 0.6) is 11.5 Å². The number of carbonyl (C=O) groups is 4. The zero-order valence-corrected chi connectivity index (χ0v) is 31.7. The number of primary amides is 1. The fraction of sp³-hybridized carbons (Fsp3) is 0.737. The molecule has 0 bridgehead atoms. The van der Waals surface area contributed by atoms with E-state index in [-0.39, 0.29) is 42.6 Å². The standard InChI is InChI=1S/C38H60N2O11/c1-24(2)27(18-26-10-11-31(47-8)33(19-26)48-17-9-16-46-7)20-29-32(21-28(25(3)4)30(41)12-13-37(5,6)34(39)42)49-22-40(29)36(44)51-23-50-35(43)38(45)14-15-38/h10-11,19,24-25,27-29,32,45H,9,12-18,20-23H2,1-8H3,(H2,39,42)/t27-,28-,29-,32-/m0/s1. The quantitative estimate of drug-likeness (QED) is 0.0935. The van der Waals surface area contributed by atoms with E-state index in [4.69, 9.17) is 34.2 Å². The molecule has 0 radical (unpaired) electrons. The van der Waals surface area contributed by atoms with Crippen LogP contribution >= 0.6 is 0 Å². The van der Waals surface area contributed by atoms with Gasteiger partial charge in [0.05, 0.1) is 25.9 Å². The van der Waals surface area contributed by atoms with Gasteiger partial charge in [0.1, 0.15) is 12.5 Å². The third-order valence-electron chi connectivity index (χ3n) is 10.3. The van der Waals surface area contributed by atoms with Crippen LogP contribution in [-0.4, -0.2) is 92.5 Å². The van der Waals surface area contributed by atoms with Gasteiger partial charge < -0.3 is 39.3 Å². The second kappa shape index (κ2) is 18.9. The molecule has 0 aromatic heterocycles. The number of rotatable bonds is 22. The van der Waals surface area contributed by atoms with Gasteiger partial charge in [-0.15, -0.1) is 0 Å². The maximum Gasteiger partial charge on any atom is 0.414 e. The summed E-state index contributed by atoms with van der Waals surface area (Å²) in [5, 5.41) is 10.0. The number of nitrogens with two attached hydrogens (primary N) is 1. The molecule has 0 spiro atoms. The van der Waals surface area contributed by atoms with Crippen molar-refractivity contribution in [3.63, 3.8) is 0 Å². The van der Waals surface area contributed by atoms with Crippen molar-refractivity contribution >= 4 is 23.8 Å². The Morgan fingerprint density at radius 3 is 2.31 bits per heavy atom. The van der Waals surface area contributed by atoms with Crippen LogP contribution < -0.4 is 15.2 Å². The number of carbonyl (C=O) groups excluding carboxylic acids is 4. The molecule has 1 aliphatic carbocycles. The molecule has 1 saturated carbocycles. The topological polar surface area (TPSA) is 173 Å². The van der Waals surface area contributed by atoms with Gasteiger partial charge >= 0.3 is 12.1 Å². The Labute approximate surface area is 302 Å². The molecular formula is C38H60N2O11. The summed E-state index contributed by atoms with van der Waals surface area (Å²) in [5.41, 5.74) is 4.29. The van der Waals surface area contributed by atoms with Gasteiger partial charge in [0.25, 0.3) is 0 Å². The molecule has 2 amide bonds. The maximum atomic E-state index is 13.6. The molecular weight excluding hydrogens is 660 g/mol. The highest BCUT2D eigenvalue weighted by atomic mass is 16.7. The van der Waals surface area contributed by atoms with Crippen LogP contribution in [0.15, 0.2) is 18.2 Å². The highest BCUT2D eigenvalue weighted by Gasteiger charge is 2.50. The molecule has 1 saturated heterocycles. The first-order valence-corrected chi connectivity index (χ1v) is 18.1. The number of ketones is 1. The minimum Gasteiger partial charge on any atom is -0.493 e. The lowest BCUT2D eigenvalue weighted by Crippen LogP contribution is -2.43. The van der Waals surface area contributed by atoms with E-state index in [1.165, 1.54) is 4.90 Å². The summed E-state index contributed by atoms with van der Waals surface area (Å²) in [6, 6.07) is 5.43. The van der Waals surface area contributed by atoms with Crippen LogP contribution in [0, 0.1) is 29.1 Å². The molecule has 3 N–H and O–H groups in total. The van der Waals surface area contributed by atoms with Gasteiger partial charge in [-0.25, -0.2) is 9.59 Å². The Kier molecular flexibility index (Phi) is 15.6. The first-order chi connectivity index (χ1) is 24.0. The molecule has 3 rings (SSSR count). The summed E-state index contributed by atoms with van der Waals surface area (Å²) in [7, 11) is 3.25. The maximum absolute atomic E-state index is 13.6. The highest BCUT2D eigenvalue weighted by molar-refractivity contribution is 5.84. The van der Waals surface area contributed by atoms with E-state index < -0.39 is 47.9 Å². The Morgan fingerprint density at radius 1 is 1.02 bits per heavy atom. The van der Waals surface area contributed by atoms with Crippen molar-refractivity contribution in [3.8, 4) is 11.5 Å². The molecule has 13 heteroatoms. The number of ether oxygens (including phenoxy) is 6. The number of aliphatic hydroxyl groups is 1. The van der Waals surface area contributed by atoms with Crippen molar-refractivity contribution in [1.82, 2.24) is 4.90 Å². The Morgan fingerprint density at radius 2 is 1.73 bits per heavy atom. The van der Waals surface area contributed by atoms with E-state index in [0.29, 0.717) is 63.2 Å². The molecule has 13 nitrogen and oxygen atoms in total. The monoisotopic (exact) mass is 720 g/mol. The third kappa shape index (κ3) is 12.1. The number of Topliss-reactive ketones (excluding diaryl/α,β-unsaturated/α-hetero) is 1. The minimum absolute atomic E-state index is 0.0179. The number of esters is 1. The van der Waals surface area contributed by atoms with E-state index in [2.05, 4.69) is 13.8 Å². The summed E-state index contributed by atoms with van der Waals surface area (Å²) < 4.78 is 33.3. The molecule has 0 unspecified atom stereocenters. The first-order valence-electron chi connectivity index (χ1n) is 18.1. The lowest BCUT2D eigenvalue weighted by atomic mass is 9.78. The predicted molar refractivity (Wildman–Crippen MR) is 189 cm³/mol. The van der Waals surface area contributed by atoms with Crippen LogP contribution in [0.4, 0.5) is 4.79 Å². The fourth-order valence-corrected chi connectivity index (χ4v) is 6.27. The third-order valence-corrected chi connectivity index (χ3v) is 10.3. The van der Waals surface area contributed by atoms with E-state index in [1.807, 2.05) is 32.0 Å². The average Bonchev–Trinajstić information content (AvgIpc) is 3.71. The van der Waals surface area contributed by atoms with Crippen LogP contribution in [-0.2, 0) is 39.8 Å². The van der Waals surface area contributed by atoms with Gasteiger partial charge in [-0.3, -0.25) is 14.5 Å². The Hall–Kier alpha value is -3.42. The largest absolute Gasteiger partial charge is 0.493 e. The summed E-state index contributed by atoms with van der Waals surface area (Å²) in [6.45, 7) is 12.1. The minimum atomic E-state index is -1.50. The van der Waals surface area contributed by atoms with E-state index >= 15 is 0 Å². The van der Waals surface area contributed by atoms with Crippen molar-refractivity contribution in [3.05, 3.63) is 23.8 Å². The van der Waals surface area contributed by atoms with Gasteiger partial charge in [0, 0.05) is 37.9 Å². The molecule has 1 heterocycles. The number of methoxy groups -OCH3 is 2. The Bertz CT molecular complexity index is 1330. The number of nitrogens with zero attached hydrogens (tertiary/aromatic N) is 1. The summed E-state index contributed by atoms with van der Waals surface area (Å²) >= 11 is 0. The smallest absolute Gasteiger partial charge is 0.414 e. The van der Waals surface area contributed by atoms with Crippen LogP contribution in [0.2, 0.25) is 0 Å². The molecule has 1 aromatic rings. The predicted octanol–water partition coefficient (Wildman–Crippen LogP) is 5.03. The number of amides is 2. The lowest BCUT2D eigenvalue weighted by Gasteiger charge is -2.33. The molecule has 1 aliphatic heterocycles. The SMILES string of the molecule is COCCCOc1cc(C[C@@H](C[C@H]2[C@H](C[C@H](C(=O)CCC(C)(C)C(N)=O)C(C)C)OCN2C(=O)OCOC(=O)C2(O)CC2)C(C)C)ccc1OC. The van der Waals surface area contributed by atoms with Gasteiger partial charge in [0.15, 0.2) is 17.1 Å². The van der Waals surface area contributed by atoms with Crippen molar-refractivity contribution in [1.29, 1.82) is 0 Å². The van der Waals surface area contributed by atoms with Crippen molar-refractivity contribution < 1.29 is 52.7 Å². The molecule has 4 atom stereocenters. The summed E-state index contributed by atoms with van der Waals surface area (Å²) in [5.74, 6) is -0.0951. The van der Waals surface area contributed by atoms with Crippen LogP contribution in [0.3, 0.4) is 0 Å². The van der Waals surface area contributed by atoms with Crippen molar-refractivity contribution in [2.75, 3.05) is 41.0 Å². The first kappa shape index (κ1) is 42.0. The van der Waals surface area contributed by atoms with E-state index in [9.17, 15) is 24.3 Å². The van der Waals surface area contributed by atoms with Gasteiger partial charge in [-0.1, -0.05) is 47.6 Å². The van der Waals surface area contributed by atoms with Gasteiger partial charge in [0.2, 0.25) is 12.7 Å². The molecule has 2 aliphatic rings. The van der Waals surface area contributed by atoms with Crippen LogP contribution in [0.25, 0.3) is 0 Å². The molecule has 51 heavy (non-hydrogen) atoms.